The minimum absolute atomic E-state index is 0.224. The van der Waals surface area contributed by atoms with Gasteiger partial charge < -0.3 is 10.1 Å². The summed E-state index contributed by atoms with van der Waals surface area (Å²) < 4.78 is 5.66. The van der Waals surface area contributed by atoms with E-state index >= 15 is 0 Å². The van der Waals surface area contributed by atoms with E-state index in [1.54, 1.807) is 0 Å². The van der Waals surface area contributed by atoms with Crippen molar-refractivity contribution in [2.75, 3.05) is 5.32 Å². The van der Waals surface area contributed by atoms with Crippen molar-refractivity contribution < 1.29 is 14.3 Å². The molecule has 2 bridgehead atoms. The van der Waals surface area contributed by atoms with Crippen LogP contribution in [0.1, 0.15) is 33.6 Å². The minimum atomic E-state index is -1.09. The number of carbonyl (C=O) groups is 2. The van der Waals surface area contributed by atoms with E-state index in [1.807, 2.05) is 63.2 Å². The lowest BCUT2D eigenvalue weighted by Crippen LogP contribution is -2.50. The number of hydrogen-bond donors (Lipinski definition) is 1. The third-order valence-electron chi connectivity index (χ3n) is 6.49. The molecule has 2 fully saturated rings. The molecule has 24 heavy (non-hydrogen) atoms. The summed E-state index contributed by atoms with van der Waals surface area (Å²) in [6.45, 7) is 5.84. The Morgan fingerprint density at radius 3 is 2.42 bits per heavy atom. The van der Waals surface area contributed by atoms with E-state index in [4.69, 9.17) is 4.74 Å². The summed E-state index contributed by atoms with van der Waals surface area (Å²) >= 11 is 0. The number of carbonyl (C=O) groups excluding carboxylic acids is 2. The van der Waals surface area contributed by atoms with E-state index < -0.39 is 16.4 Å². The van der Waals surface area contributed by atoms with Gasteiger partial charge in [0.25, 0.3) is 5.91 Å². The first kappa shape index (κ1) is 15.2. The summed E-state index contributed by atoms with van der Waals surface area (Å²) in [4.78, 5) is 25.5. The third kappa shape index (κ3) is 1.63. The molecule has 1 amide bonds. The molecule has 0 radical (unpaired) electrons. The summed E-state index contributed by atoms with van der Waals surface area (Å²) in [7, 11) is 0. The summed E-state index contributed by atoms with van der Waals surface area (Å²) in [5, 5.41) is 5.06. The Balaban J connectivity index is 1.74. The Kier molecular flexibility index (Phi) is 2.91. The second-order valence-corrected chi connectivity index (χ2v) is 7.65. The van der Waals surface area contributed by atoms with Crippen LogP contribution in [0.15, 0.2) is 42.5 Å². The quantitative estimate of drug-likeness (QED) is 0.853. The van der Waals surface area contributed by atoms with Crippen molar-refractivity contribution in [3.05, 3.63) is 42.5 Å². The first-order valence-electron chi connectivity index (χ1n) is 8.34. The second-order valence-electron chi connectivity index (χ2n) is 7.65. The second kappa shape index (κ2) is 4.59. The molecule has 2 aromatic carbocycles. The monoisotopic (exact) mass is 323 g/mol. The molecule has 0 unspecified atom stereocenters. The fourth-order valence-corrected chi connectivity index (χ4v) is 4.30. The first-order chi connectivity index (χ1) is 11.3. The van der Waals surface area contributed by atoms with Crippen molar-refractivity contribution in [1.29, 1.82) is 0 Å². The average molecular weight is 323 g/mol. The normalized spacial score (nSPS) is 30.4. The summed E-state index contributed by atoms with van der Waals surface area (Å²) in [6, 6.07) is 13.7. The fourth-order valence-electron chi connectivity index (χ4n) is 4.30. The Hall–Kier alpha value is -2.36. The molecule has 0 aromatic heterocycles. The topological polar surface area (TPSA) is 55.4 Å². The first-order valence-corrected chi connectivity index (χ1v) is 8.34. The van der Waals surface area contributed by atoms with E-state index in [1.165, 1.54) is 0 Å². The Labute approximate surface area is 141 Å². The third-order valence-corrected chi connectivity index (χ3v) is 6.49. The van der Waals surface area contributed by atoms with Gasteiger partial charge in [-0.05, 0) is 31.2 Å². The van der Waals surface area contributed by atoms with E-state index in [0.29, 0.717) is 12.8 Å². The summed E-state index contributed by atoms with van der Waals surface area (Å²) in [5.41, 5.74) is -1.47. The predicted molar refractivity (Wildman–Crippen MR) is 92.5 cm³/mol. The van der Waals surface area contributed by atoms with Gasteiger partial charge in [-0.2, -0.15) is 0 Å². The molecule has 2 atom stereocenters. The molecule has 4 nitrogen and oxygen atoms in total. The average Bonchev–Trinajstić information content (AvgIpc) is 2.85. The van der Waals surface area contributed by atoms with E-state index in [-0.39, 0.29) is 11.9 Å². The lowest BCUT2D eigenvalue weighted by atomic mass is 9.66. The number of anilines is 1. The Morgan fingerprint density at radius 2 is 1.75 bits per heavy atom. The van der Waals surface area contributed by atoms with Gasteiger partial charge in [0, 0.05) is 16.5 Å². The van der Waals surface area contributed by atoms with Crippen LogP contribution in [0.4, 0.5) is 5.69 Å². The van der Waals surface area contributed by atoms with Gasteiger partial charge in [-0.1, -0.05) is 50.2 Å². The van der Waals surface area contributed by atoms with Crippen LogP contribution in [-0.4, -0.2) is 17.5 Å². The molecule has 0 spiro atoms. The van der Waals surface area contributed by atoms with E-state index in [2.05, 4.69) is 5.32 Å². The molecule has 1 saturated heterocycles. The predicted octanol–water partition coefficient (Wildman–Crippen LogP) is 3.90. The van der Waals surface area contributed by atoms with Crippen LogP contribution in [0, 0.1) is 10.8 Å². The zero-order valence-corrected chi connectivity index (χ0v) is 14.2. The molecular weight excluding hydrogens is 302 g/mol. The molecular formula is C20H21NO3. The number of nitrogens with one attached hydrogen (secondary N) is 1. The van der Waals surface area contributed by atoms with Crippen molar-refractivity contribution >= 4 is 28.3 Å². The van der Waals surface area contributed by atoms with Gasteiger partial charge in [0.15, 0.2) is 5.60 Å². The van der Waals surface area contributed by atoms with Crippen LogP contribution in [0.2, 0.25) is 0 Å². The smallest absolute Gasteiger partial charge is 0.313 e. The molecule has 1 aliphatic carbocycles. The maximum absolute atomic E-state index is 13.2. The van der Waals surface area contributed by atoms with Gasteiger partial charge in [0.1, 0.15) is 0 Å². The van der Waals surface area contributed by atoms with Crippen LogP contribution < -0.4 is 5.32 Å². The molecule has 2 aliphatic rings. The maximum atomic E-state index is 13.2. The number of rotatable bonds is 2. The lowest BCUT2D eigenvalue weighted by molar-refractivity contribution is -0.165. The van der Waals surface area contributed by atoms with Crippen molar-refractivity contribution in [2.24, 2.45) is 10.8 Å². The van der Waals surface area contributed by atoms with Gasteiger partial charge in [-0.15, -0.1) is 0 Å². The molecule has 4 rings (SSSR count). The Morgan fingerprint density at radius 1 is 1.04 bits per heavy atom. The van der Waals surface area contributed by atoms with Crippen LogP contribution in [0.5, 0.6) is 0 Å². The van der Waals surface area contributed by atoms with Crippen LogP contribution in [0.3, 0.4) is 0 Å². The lowest BCUT2D eigenvalue weighted by Gasteiger charge is -2.35. The molecule has 1 heterocycles. The maximum Gasteiger partial charge on any atom is 0.313 e. The van der Waals surface area contributed by atoms with Gasteiger partial charge in [0.05, 0.1) is 5.41 Å². The number of ether oxygens (including phenoxy) is 1. The van der Waals surface area contributed by atoms with E-state index in [9.17, 15) is 9.59 Å². The largest absolute Gasteiger partial charge is 0.448 e. The number of amides is 1. The fraction of sp³-hybridized carbons (Fsp3) is 0.400. The Bertz CT molecular complexity index is 867. The molecule has 1 N–H and O–H groups in total. The molecule has 4 heteroatoms. The molecule has 1 saturated carbocycles. The minimum Gasteiger partial charge on any atom is -0.448 e. The highest BCUT2D eigenvalue weighted by Gasteiger charge is 2.75. The van der Waals surface area contributed by atoms with Crippen LogP contribution in [-0.2, 0) is 14.3 Å². The zero-order valence-electron chi connectivity index (χ0n) is 14.2. The molecule has 124 valence electrons. The van der Waals surface area contributed by atoms with Crippen molar-refractivity contribution in [2.45, 2.75) is 39.2 Å². The zero-order chi connectivity index (χ0) is 17.2. The highest BCUT2D eigenvalue weighted by atomic mass is 16.6. The number of benzene rings is 2. The van der Waals surface area contributed by atoms with Gasteiger partial charge in [-0.25, -0.2) is 0 Å². The molecule has 1 aliphatic heterocycles. The number of hydrogen-bond acceptors (Lipinski definition) is 3. The number of esters is 1. The van der Waals surface area contributed by atoms with Crippen molar-refractivity contribution in [3.63, 3.8) is 0 Å². The summed E-state index contributed by atoms with van der Waals surface area (Å²) in [6.07, 6.45) is 1.25. The van der Waals surface area contributed by atoms with Gasteiger partial charge >= 0.3 is 5.97 Å². The standard InChI is InChI=1S/C20H21NO3/c1-18(2)19(3)11-12-20(18,24-17(19)23)16(22)21-15-10-6-8-13-7-4-5-9-14(13)15/h4-10H,11-12H2,1-3H3,(H,21,22)/t19-,20+/m1/s1. The molecule has 2 aromatic rings. The van der Waals surface area contributed by atoms with Crippen LogP contribution >= 0.6 is 0 Å². The van der Waals surface area contributed by atoms with Gasteiger partial charge in [-0.3, -0.25) is 9.59 Å². The SMILES string of the molecule is CC1(C)[C@@]2(C(=O)Nc3cccc4ccccc34)CC[C@]1(C)C(=O)O2. The van der Waals surface area contributed by atoms with E-state index in [0.717, 1.165) is 16.5 Å². The number of fused-ring (bicyclic) bond motifs is 3. The summed E-state index contributed by atoms with van der Waals surface area (Å²) in [5.74, 6) is -0.481. The van der Waals surface area contributed by atoms with Crippen LogP contribution in [0.25, 0.3) is 10.8 Å². The highest BCUT2D eigenvalue weighted by molar-refractivity contribution is 6.07. The van der Waals surface area contributed by atoms with Crippen molar-refractivity contribution in [3.8, 4) is 0 Å². The van der Waals surface area contributed by atoms with Gasteiger partial charge in [0.2, 0.25) is 0 Å². The van der Waals surface area contributed by atoms with Crippen molar-refractivity contribution in [1.82, 2.24) is 0 Å². The highest BCUT2D eigenvalue weighted by Crippen LogP contribution is 2.65.